The number of hydrogen-bond donors (Lipinski definition) is 2. The highest BCUT2D eigenvalue weighted by molar-refractivity contribution is 6.31. The summed E-state index contributed by atoms with van der Waals surface area (Å²) in [4.78, 5) is 4.34. The Morgan fingerprint density at radius 2 is 2.05 bits per heavy atom. The van der Waals surface area contributed by atoms with Crippen molar-refractivity contribution in [3.63, 3.8) is 0 Å². The van der Waals surface area contributed by atoms with E-state index in [0.29, 0.717) is 5.02 Å². The van der Waals surface area contributed by atoms with Crippen LogP contribution in [0.4, 0.5) is 11.4 Å². The maximum atomic E-state index is 6.01. The van der Waals surface area contributed by atoms with Gasteiger partial charge in [0.15, 0.2) is 0 Å². The number of anilines is 2. The fourth-order valence-electron chi connectivity index (χ4n) is 2.36. The maximum absolute atomic E-state index is 6.01. The van der Waals surface area contributed by atoms with E-state index in [1.54, 1.807) is 6.20 Å². The number of fused-ring (bicyclic) bond motifs is 1. The summed E-state index contributed by atoms with van der Waals surface area (Å²) in [7, 11) is 0. The van der Waals surface area contributed by atoms with Crippen molar-refractivity contribution in [1.29, 1.82) is 0 Å². The van der Waals surface area contributed by atoms with E-state index in [1.165, 1.54) is 5.56 Å². The summed E-state index contributed by atoms with van der Waals surface area (Å²) in [5.74, 6) is 0. The summed E-state index contributed by atoms with van der Waals surface area (Å²) in [6.45, 7) is 2.76. The Bertz CT molecular complexity index is 799. The summed E-state index contributed by atoms with van der Waals surface area (Å²) >= 11 is 6.01. The Kier molecular flexibility index (Phi) is 3.67. The molecule has 3 aromatic rings. The third-order valence-corrected chi connectivity index (χ3v) is 3.90. The molecule has 3 rings (SSSR count). The van der Waals surface area contributed by atoms with Crippen molar-refractivity contribution in [2.75, 3.05) is 11.1 Å². The molecule has 1 heterocycles. The fourth-order valence-corrected chi connectivity index (χ4v) is 2.53. The average Bonchev–Trinajstić information content (AvgIpc) is 2.48. The van der Waals surface area contributed by atoms with Crippen molar-refractivity contribution < 1.29 is 0 Å². The van der Waals surface area contributed by atoms with Crippen LogP contribution in [0.5, 0.6) is 0 Å². The minimum Gasteiger partial charge on any atom is -0.399 e. The zero-order valence-electron chi connectivity index (χ0n) is 11.7. The van der Waals surface area contributed by atoms with Gasteiger partial charge in [-0.05, 0) is 48.4 Å². The van der Waals surface area contributed by atoms with Crippen molar-refractivity contribution in [3.05, 3.63) is 64.8 Å². The molecule has 0 aliphatic carbocycles. The van der Waals surface area contributed by atoms with E-state index in [2.05, 4.69) is 16.4 Å². The van der Waals surface area contributed by atoms with E-state index in [1.807, 2.05) is 43.3 Å². The number of nitrogens with one attached hydrogen (secondary N) is 1. The molecule has 0 aliphatic rings. The third kappa shape index (κ3) is 2.78. The van der Waals surface area contributed by atoms with Gasteiger partial charge in [-0.1, -0.05) is 23.7 Å². The second-order valence-electron chi connectivity index (χ2n) is 5.00. The second-order valence-corrected chi connectivity index (χ2v) is 5.44. The monoisotopic (exact) mass is 297 g/mol. The van der Waals surface area contributed by atoms with Gasteiger partial charge >= 0.3 is 0 Å². The third-order valence-electron chi connectivity index (χ3n) is 3.66. The molecular formula is C17H16ClN3. The Balaban J connectivity index is 1.90. The van der Waals surface area contributed by atoms with Crippen LogP contribution in [0.25, 0.3) is 10.9 Å². The molecule has 0 saturated carbocycles. The van der Waals surface area contributed by atoms with Gasteiger partial charge in [0, 0.05) is 34.5 Å². The molecular weight excluding hydrogens is 282 g/mol. The first-order chi connectivity index (χ1) is 10.1. The van der Waals surface area contributed by atoms with Gasteiger partial charge in [-0.25, -0.2) is 0 Å². The summed E-state index contributed by atoms with van der Waals surface area (Å²) < 4.78 is 0. The first-order valence-electron chi connectivity index (χ1n) is 6.77. The molecule has 0 amide bonds. The predicted molar refractivity (Wildman–Crippen MR) is 89.7 cm³/mol. The molecule has 0 spiro atoms. The lowest BCUT2D eigenvalue weighted by Crippen LogP contribution is -2.03. The minimum absolute atomic E-state index is 0.693. The van der Waals surface area contributed by atoms with Crippen molar-refractivity contribution in [1.82, 2.24) is 4.98 Å². The van der Waals surface area contributed by atoms with Gasteiger partial charge in [0.05, 0.1) is 5.52 Å². The molecule has 3 N–H and O–H groups in total. The molecule has 0 bridgehead atoms. The summed E-state index contributed by atoms with van der Waals surface area (Å²) in [6, 6.07) is 13.7. The van der Waals surface area contributed by atoms with Gasteiger partial charge in [0.2, 0.25) is 0 Å². The molecule has 2 aromatic carbocycles. The maximum Gasteiger partial charge on any atom is 0.0737 e. The second kappa shape index (κ2) is 5.62. The van der Waals surface area contributed by atoms with Crippen LogP contribution in [0.15, 0.2) is 48.7 Å². The van der Waals surface area contributed by atoms with Crippen LogP contribution >= 0.6 is 11.6 Å². The molecule has 0 unspecified atom stereocenters. The number of benzene rings is 2. The van der Waals surface area contributed by atoms with E-state index in [0.717, 1.165) is 34.4 Å². The molecule has 3 nitrogen and oxygen atoms in total. The fraction of sp³-hybridized carbons (Fsp3) is 0.118. The molecule has 4 heteroatoms. The summed E-state index contributed by atoms with van der Waals surface area (Å²) in [6.07, 6.45) is 1.78. The minimum atomic E-state index is 0.693. The molecule has 0 radical (unpaired) electrons. The van der Waals surface area contributed by atoms with Crippen molar-refractivity contribution in [2.24, 2.45) is 0 Å². The molecule has 0 saturated heterocycles. The number of nitrogens with two attached hydrogens (primary N) is 1. The van der Waals surface area contributed by atoms with Crippen LogP contribution in [0.2, 0.25) is 5.02 Å². The molecule has 0 atom stereocenters. The largest absolute Gasteiger partial charge is 0.399 e. The molecule has 1 aromatic heterocycles. The zero-order chi connectivity index (χ0) is 14.8. The van der Waals surface area contributed by atoms with Crippen LogP contribution in [-0.2, 0) is 6.54 Å². The lowest BCUT2D eigenvalue weighted by molar-refractivity contribution is 1.12. The lowest BCUT2D eigenvalue weighted by atomic mass is 10.1. The Morgan fingerprint density at radius 1 is 1.19 bits per heavy atom. The molecule has 106 valence electrons. The van der Waals surface area contributed by atoms with Crippen LogP contribution in [-0.4, -0.2) is 4.98 Å². The number of aromatic nitrogens is 1. The molecule has 0 fully saturated rings. The van der Waals surface area contributed by atoms with E-state index >= 15 is 0 Å². The Morgan fingerprint density at radius 3 is 2.90 bits per heavy atom. The van der Waals surface area contributed by atoms with Gasteiger partial charge in [-0.3, -0.25) is 4.98 Å². The number of hydrogen-bond acceptors (Lipinski definition) is 3. The number of nitrogens with zero attached hydrogens (tertiary/aromatic N) is 1. The van der Waals surface area contributed by atoms with Gasteiger partial charge in [-0.2, -0.15) is 0 Å². The summed E-state index contributed by atoms with van der Waals surface area (Å²) in [5, 5.41) is 5.20. The van der Waals surface area contributed by atoms with Crippen LogP contribution in [0, 0.1) is 6.92 Å². The van der Waals surface area contributed by atoms with Gasteiger partial charge < -0.3 is 11.1 Å². The van der Waals surface area contributed by atoms with E-state index < -0.39 is 0 Å². The number of rotatable bonds is 3. The van der Waals surface area contributed by atoms with E-state index in [4.69, 9.17) is 17.3 Å². The van der Waals surface area contributed by atoms with E-state index in [9.17, 15) is 0 Å². The first kappa shape index (κ1) is 13.7. The standard InChI is InChI=1S/C17H16ClN3/c1-11-12(3-2-4-15(11)19)10-21-16-7-8-20-17-9-13(18)5-6-14(16)17/h2-9H,10,19H2,1H3,(H,20,21). The van der Waals surface area contributed by atoms with E-state index in [-0.39, 0.29) is 0 Å². The average molecular weight is 298 g/mol. The lowest BCUT2D eigenvalue weighted by Gasteiger charge is -2.12. The summed E-state index contributed by atoms with van der Waals surface area (Å²) in [5.41, 5.74) is 11.0. The topological polar surface area (TPSA) is 50.9 Å². The van der Waals surface area contributed by atoms with Gasteiger partial charge in [0.1, 0.15) is 0 Å². The van der Waals surface area contributed by atoms with Gasteiger partial charge in [-0.15, -0.1) is 0 Å². The Hall–Kier alpha value is -2.26. The highest BCUT2D eigenvalue weighted by Gasteiger charge is 2.05. The highest BCUT2D eigenvalue weighted by atomic mass is 35.5. The van der Waals surface area contributed by atoms with Crippen LogP contribution in [0.1, 0.15) is 11.1 Å². The zero-order valence-corrected chi connectivity index (χ0v) is 12.5. The van der Waals surface area contributed by atoms with Crippen LogP contribution < -0.4 is 11.1 Å². The number of pyridine rings is 1. The normalized spacial score (nSPS) is 10.8. The molecule has 21 heavy (non-hydrogen) atoms. The first-order valence-corrected chi connectivity index (χ1v) is 7.15. The smallest absolute Gasteiger partial charge is 0.0737 e. The molecule has 0 aliphatic heterocycles. The SMILES string of the molecule is Cc1c(N)cccc1CNc1ccnc2cc(Cl)ccc12. The predicted octanol–water partition coefficient (Wildman–Crippen LogP) is 4.39. The number of nitrogen functional groups attached to an aromatic ring is 1. The van der Waals surface area contributed by atoms with Crippen molar-refractivity contribution >= 4 is 33.9 Å². The van der Waals surface area contributed by atoms with Gasteiger partial charge in [0.25, 0.3) is 0 Å². The highest BCUT2D eigenvalue weighted by Crippen LogP contribution is 2.25. The van der Waals surface area contributed by atoms with Crippen molar-refractivity contribution in [2.45, 2.75) is 13.5 Å². The Labute approximate surface area is 128 Å². The quantitative estimate of drug-likeness (QED) is 0.705. The van der Waals surface area contributed by atoms with Crippen molar-refractivity contribution in [3.8, 4) is 0 Å². The van der Waals surface area contributed by atoms with Crippen LogP contribution in [0.3, 0.4) is 0 Å². The number of halogens is 1.